The number of carbonyl (C=O) groups is 4. The van der Waals surface area contributed by atoms with Gasteiger partial charge in [0.25, 0.3) is 0 Å². The lowest BCUT2D eigenvalue weighted by atomic mass is 9.80. The van der Waals surface area contributed by atoms with Gasteiger partial charge in [0.15, 0.2) is 0 Å². The zero-order valence-corrected chi connectivity index (χ0v) is 36.9. The average Bonchev–Trinajstić information content (AvgIpc) is 3.20. The summed E-state index contributed by atoms with van der Waals surface area (Å²) in [5.74, 6) is -3.73. The number of esters is 4. The molecule has 4 rings (SSSR count). The summed E-state index contributed by atoms with van der Waals surface area (Å²) in [7, 11) is -2.08. The lowest BCUT2D eigenvalue weighted by molar-refractivity contribution is -0.140. The van der Waals surface area contributed by atoms with Crippen molar-refractivity contribution < 1.29 is 65.1 Å². The molecule has 0 bridgehead atoms. The molecular formula is C40H52Cl2N4O14S. The van der Waals surface area contributed by atoms with Crippen LogP contribution in [-0.4, -0.2) is 108 Å². The van der Waals surface area contributed by atoms with Crippen molar-refractivity contribution in [3.63, 3.8) is 0 Å². The zero-order valence-electron chi connectivity index (χ0n) is 34.5. The summed E-state index contributed by atoms with van der Waals surface area (Å²) in [6.45, 7) is 8.83. The van der Waals surface area contributed by atoms with Crippen molar-refractivity contribution >= 4 is 57.5 Å². The lowest BCUT2D eigenvalue weighted by Gasteiger charge is -2.31. The molecule has 2 aliphatic rings. The molecule has 61 heavy (non-hydrogen) atoms. The van der Waals surface area contributed by atoms with Crippen LogP contribution < -0.4 is 22.1 Å². The Kier molecular flexibility index (Phi) is 22.1. The monoisotopic (exact) mass is 914 g/mol. The Morgan fingerprint density at radius 3 is 1.25 bits per heavy atom. The van der Waals surface area contributed by atoms with E-state index in [1.165, 1.54) is 14.2 Å². The van der Waals surface area contributed by atoms with E-state index in [4.69, 9.17) is 80.6 Å². The fourth-order valence-electron chi connectivity index (χ4n) is 6.24. The van der Waals surface area contributed by atoms with E-state index in [0.29, 0.717) is 81.4 Å². The molecular weight excluding hydrogens is 863 g/mol. The van der Waals surface area contributed by atoms with E-state index in [2.05, 4.69) is 10.6 Å². The second-order valence-corrected chi connectivity index (χ2v) is 14.3. The molecule has 0 saturated carbocycles. The van der Waals surface area contributed by atoms with Crippen LogP contribution in [0.4, 0.5) is 0 Å². The first-order chi connectivity index (χ1) is 28.9. The minimum atomic E-state index is -4.67. The van der Waals surface area contributed by atoms with Crippen molar-refractivity contribution in [2.75, 3.05) is 67.0 Å². The van der Waals surface area contributed by atoms with Gasteiger partial charge in [-0.2, -0.15) is 8.42 Å². The molecule has 2 aromatic carbocycles. The number of ether oxygens (including phenoxy) is 6. The molecule has 0 aromatic heterocycles. The number of hydrogen-bond acceptors (Lipinski definition) is 16. The minimum Gasteiger partial charge on any atom is -0.466 e. The third-order valence-corrected chi connectivity index (χ3v) is 9.23. The van der Waals surface area contributed by atoms with Gasteiger partial charge in [-0.3, -0.25) is 9.11 Å². The van der Waals surface area contributed by atoms with Crippen LogP contribution in [-0.2, 0) is 58.0 Å². The Labute approximate surface area is 364 Å². The largest absolute Gasteiger partial charge is 0.466 e. The summed E-state index contributed by atoms with van der Waals surface area (Å²) in [5, 5.41) is 7.04. The Bertz CT molecular complexity index is 1980. The Morgan fingerprint density at radius 2 is 0.967 bits per heavy atom. The normalized spacial score (nSPS) is 16.3. The van der Waals surface area contributed by atoms with E-state index in [1.807, 2.05) is 0 Å². The highest BCUT2D eigenvalue weighted by Crippen LogP contribution is 2.43. The summed E-state index contributed by atoms with van der Waals surface area (Å²) in [4.78, 5) is 50.9. The van der Waals surface area contributed by atoms with E-state index in [1.54, 1.807) is 76.2 Å². The molecule has 8 N–H and O–H groups in total. The second-order valence-electron chi connectivity index (χ2n) is 12.6. The van der Waals surface area contributed by atoms with Crippen LogP contribution in [0, 0.1) is 0 Å². The summed E-state index contributed by atoms with van der Waals surface area (Å²) in [5.41, 5.74) is 15.4. The van der Waals surface area contributed by atoms with Crippen LogP contribution in [0.2, 0.25) is 10.0 Å². The van der Waals surface area contributed by atoms with Crippen LogP contribution >= 0.6 is 23.2 Å². The molecule has 0 amide bonds. The van der Waals surface area contributed by atoms with Crippen molar-refractivity contribution in [2.24, 2.45) is 11.5 Å². The van der Waals surface area contributed by atoms with Crippen molar-refractivity contribution in [3.8, 4) is 0 Å². The van der Waals surface area contributed by atoms with E-state index < -0.39 is 46.1 Å². The van der Waals surface area contributed by atoms with Crippen LogP contribution in [0.25, 0.3) is 0 Å². The first-order valence-corrected chi connectivity index (χ1v) is 20.7. The highest BCUT2D eigenvalue weighted by molar-refractivity contribution is 7.79. The summed E-state index contributed by atoms with van der Waals surface area (Å²) in [6, 6.07) is 14.1. The average molecular weight is 916 g/mol. The maximum atomic E-state index is 12.9. The molecule has 2 heterocycles. The molecule has 336 valence electrons. The van der Waals surface area contributed by atoms with Gasteiger partial charge in [-0.25, -0.2) is 19.2 Å². The van der Waals surface area contributed by atoms with E-state index >= 15 is 0 Å². The van der Waals surface area contributed by atoms with Gasteiger partial charge in [-0.15, -0.1) is 0 Å². The minimum absolute atomic E-state index is 0.109. The Balaban J connectivity index is 0.000000378. The highest BCUT2D eigenvalue weighted by atomic mass is 35.5. The maximum Gasteiger partial charge on any atom is 0.394 e. The Morgan fingerprint density at radius 1 is 0.639 bits per heavy atom. The second kappa shape index (κ2) is 25.8. The first kappa shape index (κ1) is 52.3. The van der Waals surface area contributed by atoms with Gasteiger partial charge >= 0.3 is 34.3 Å². The Hall–Kier alpha value is -4.83. The zero-order chi connectivity index (χ0) is 45.9. The van der Waals surface area contributed by atoms with Crippen LogP contribution in [0.3, 0.4) is 0 Å². The molecule has 18 nitrogen and oxygen atoms in total. The molecule has 0 saturated heterocycles. The molecule has 2 aliphatic heterocycles. The van der Waals surface area contributed by atoms with E-state index in [-0.39, 0.29) is 37.6 Å². The number of hydrogen-bond donors (Lipinski definition) is 6. The van der Waals surface area contributed by atoms with Gasteiger partial charge < -0.3 is 50.5 Å². The number of methoxy groups -OCH3 is 2. The van der Waals surface area contributed by atoms with Crippen LogP contribution in [0.1, 0.15) is 50.7 Å². The van der Waals surface area contributed by atoms with E-state index in [0.717, 1.165) is 0 Å². The molecule has 0 unspecified atom stereocenters. The number of nitrogens with one attached hydrogen (secondary N) is 2. The number of benzene rings is 2. The quantitative estimate of drug-likeness (QED) is 0.0603. The number of rotatable bonds is 16. The smallest absolute Gasteiger partial charge is 0.394 e. The van der Waals surface area contributed by atoms with Gasteiger partial charge in [0.2, 0.25) is 0 Å². The lowest BCUT2D eigenvalue weighted by Crippen LogP contribution is -2.35. The van der Waals surface area contributed by atoms with Crippen molar-refractivity contribution in [1.29, 1.82) is 0 Å². The third-order valence-electron chi connectivity index (χ3n) is 8.54. The molecule has 0 aliphatic carbocycles. The molecule has 0 fully saturated rings. The summed E-state index contributed by atoms with van der Waals surface area (Å²) < 4.78 is 63.2. The molecule has 21 heteroatoms. The maximum absolute atomic E-state index is 12.9. The topological polar surface area (TPSA) is 274 Å². The van der Waals surface area contributed by atoms with Crippen molar-refractivity contribution in [3.05, 3.63) is 115 Å². The summed E-state index contributed by atoms with van der Waals surface area (Å²) >= 11 is 12.8. The van der Waals surface area contributed by atoms with Crippen molar-refractivity contribution in [2.45, 2.75) is 39.5 Å². The van der Waals surface area contributed by atoms with Gasteiger partial charge in [0, 0.05) is 34.5 Å². The number of allylic oxidation sites excluding steroid dienone is 2. The number of dihydropyridines is 2. The van der Waals surface area contributed by atoms with Gasteiger partial charge in [0.1, 0.15) is 0 Å². The van der Waals surface area contributed by atoms with Gasteiger partial charge in [-0.1, -0.05) is 59.6 Å². The summed E-state index contributed by atoms with van der Waals surface area (Å²) in [6.07, 6.45) is 0. The number of nitrogens with two attached hydrogens (primary N) is 2. The number of carbonyl (C=O) groups excluding carboxylic acids is 4. The SMILES string of the molecule is CCOC(=O)C1=C(COCCN)NC(C)=C(C(=O)OC)[C@@H]1c1ccccc1Cl.CCOC(=O)C1=C(COCCN)NC(C)=C(C(=O)OC)[C@@H]1c1ccccc1Cl.O=S(=O)(O)O. The number of halogens is 2. The predicted octanol–water partition coefficient (Wildman–Crippen LogP) is 3.88. The van der Waals surface area contributed by atoms with Gasteiger partial charge in [-0.05, 0) is 51.0 Å². The van der Waals surface area contributed by atoms with E-state index in [9.17, 15) is 19.2 Å². The van der Waals surface area contributed by atoms with Gasteiger partial charge in [0.05, 0.1) is 99.4 Å². The van der Waals surface area contributed by atoms with Crippen LogP contribution in [0.15, 0.2) is 93.6 Å². The third kappa shape index (κ3) is 15.2. The van der Waals surface area contributed by atoms with Crippen molar-refractivity contribution in [1.82, 2.24) is 10.6 Å². The molecule has 2 atom stereocenters. The standard InChI is InChI=1S/2C20H25ClN2O5.H2O4S/c2*1-4-28-20(25)18-15(11-27-10-9-22)23-12(2)16(19(24)26-3)17(18)13-7-5-6-8-14(13)21;1-5(2,3)4/h2*5-8,17,23H,4,9-11,22H2,1-3H3;(H2,1,2,3,4)/t2*17-;/m00./s1. The first-order valence-electron chi connectivity index (χ1n) is 18.6. The predicted molar refractivity (Wildman–Crippen MR) is 225 cm³/mol. The molecule has 0 spiro atoms. The molecule has 2 aromatic rings. The highest BCUT2D eigenvalue weighted by Gasteiger charge is 2.41. The molecule has 0 radical (unpaired) electrons. The van der Waals surface area contributed by atoms with Crippen LogP contribution in [0.5, 0.6) is 0 Å². The fraction of sp³-hybridized carbons (Fsp3) is 0.400. The fourth-order valence-corrected chi connectivity index (χ4v) is 6.73.